The number of carbonyl (C=O) groups excluding carboxylic acids is 1. The third kappa shape index (κ3) is 4.79. The average Bonchev–Trinajstić information content (AvgIpc) is 3.03. The molecule has 0 aliphatic heterocycles. The molecule has 0 atom stereocenters. The van der Waals surface area contributed by atoms with Crippen LogP contribution in [0.3, 0.4) is 0 Å². The Morgan fingerprint density at radius 3 is 2.65 bits per heavy atom. The maximum absolute atomic E-state index is 12.1. The molecule has 8 heteroatoms. The zero-order valence-corrected chi connectivity index (χ0v) is 16.0. The summed E-state index contributed by atoms with van der Waals surface area (Å²) in [5.41, 5.74) is 2.54. The summed E-state index contributed by atoms with van der Waals surface area (Å²) >= 11 is 8.09. The Labute approximate surface area is 164 Å². The number of rotatable bonds is 6. The molecule has 0 spiro atoms. The van der Waals surface area contributed by atoms with Crippen LogP contribution in [-0.4, -0.2) is 21.4 Å². The van der Waals surface area contributed by atoms with Crippen LogP contribution in [-0.2, 0) is 11.2 Å². The highest BCUT2D eigenvalue weighted by Crippen LogP contribution is 2.24. The van der Waals surface area contributed by atoms with Crippen molar-refractivity contribution in [2.75, 3.05) is 11.1 Å². The molecule has 2 aromatic carbocycles. The van der Waals surface area contributed by atoms with Gasteiger partial charge in [-0.05, 0) is 42.0 Å². The van der Waals surface area contributed by atoms with Gasteiger partial charge in [0, 0.05) is 5.69 Å². The van der Waals surface area contributed by atoms with Gasteiger partial charge in [-0.1, -0.05) is 53.4 Å². The number of nitriles is 1. The summed E-state index contributed by atoms with van der Waals surface area (Å²) in [4.78, 5) is 12.1. The summed E-state index contributed by atoms with van der Waals surface area (Å²) in [7, 11) is 0. The van der Waals surface area contributed by atoms with E-state index in [-0.39, 0.29) is 11.7 Å². The van der Waals surface area contributed by atoms with Crippen LogP contribution in [0, 0.1) is 15.3 Å². The third-order valence-electron chi connectivity index (χ3n) is 3.38. The number of thioether (sulfide) groups is 1. The summed E-state index contributed by atoms with van der Waals surface area (Å²) in [6, 6.07) is 19.0. The largest absolute Gasteiger partial charge is 0.325 e. The Kier molecular flexibility index (Phi) is 6.17. The predicted molar refractivity (Wildman–Crippen MR) is 107 cm³/mol. The van der Waals surface area contributed by atoms with Gasteiger partial charge in [-0.2, -0.15) is 5.26 Å². The highest BCUT2D eigenvalue weighted by molar-refractivity contribution is 8.01. The SMILES string of the molecule is N#CCc1ccc(NC(=O)CSc2nn(-c3ccccc3)c(=S)s2)cc1. The summed E-state index contributed by atoms with van der Waals surface area (Å²) < 4.78 is 3.10. The number of anilines is 1. The second-order valence-electron chi connectivity index (χ2n) is 5.25. The average molecular weight is 399 g/mol. The first-order chi connectivity index (χ1) is 12.7. The molecule has 3 aromatic rings. The molecule has 1 N–H and O–H groups in total. The predicted octanol–water partition coefficient (Wildman–Crippen LogP) is 4.46. The molecule has 1 aromatic heterocycles. The topological polar surface area (TPSA) is 70.7 Å². The van der Waals surface area contributed by atoms with Crippen molar-refractivity contribution in [2.45, 2.75) is 10.8 Å². The third-order valence-corrected chi connectivity index (χ3v) is 5.74. The number of benzene rings is 2. The van der Waals surface area contributed by atoms with E-state index in [0.29, 0.717) is 16.1 Å². The molecule has 3 rings (SSSR count). The van der Waals surface area contributed by atoms with Crippen molar-refractivity contribution in [1.29, 1.82) is 5.26 Å². The number of amides is 1. The number of para-hydroxylation sites is 1. The van der Waals surface area contributed by atoms with Gasteiger partial charge in [-0.25, -0.2) is 4.68 Å². The van der Waals surface area contributed by atoms with Crippen LogP contribution in [0.2, 0.25) is 0 Å². The molecular formula is C18H14N4OS3. The Balaban J connectivity index is 1.58. The van der Waals surface area contributed by atoms with Crippen molar-refractivity contribution in [2.24, 2.45) is 0 Å². The normalized spacial score (nSPS) is 10.3. The fourth-order valence-electron chi connectivity index (χ4n) is 2.17. The van der Waals surface area contributed by atoms with E-state index in [1.807, 2.05) is 42.5 Å². The Morgan fingerprint density at radius 2 is 1.96 bits per heavy atom. The lowest BCUT2D eigenvalue weighted by atomic mass is 10.1. The molecule has 0 saturated heterocycles. The van der Waals surface area contributed by atoms with Crippen molar-refractivity contribution in [3.63, 3.8) is 0 Å². The molecule has 0 aliphatic rings. The van der Waals surface area contributed by atoms with Gasteiger partial charge in [0.25, 0.3) is 0 Å². The minimum absolute atomic E-state index is 0.115. The van der Waals surface area contributed by atoms with Gasteiger partial charge >= 0.3 is 0 Å². The van der Waals surface area contributed by atoms with E-state index in [4.69, 9.17) is 17.5 Å². The maximum Gasteiger partial charge on any atom is 0.234 e. The molecule has 0 radical (unpaired) electrons. The Hall–Kier alpha value is -2.47. The molecule has 1 heterocycles. The minimum Gasteiger partial charge on any atom is -0.325 e. The highest BCUT2D eigenvalue weighted by atomic mass is 32.2. The quantitative estimate of drug-likeness (QED) is 0.490. The van der Waals surface area contributed by atoms with Crippen molar-refractivity contribution in [1.82, 2.24) is 9.78 Å². The zero-order valence-electron chi connectivity index (χ0n) is 13.6. The van der Waals surface area contributed by atoms with Crippen LogP contribution in [0.15, 0.2) is 58.9 Å². The van der Waals surface area contributed by atoms with Gasteiger partial charge in [0.1, 0.15) is 0 Å². The number of carbonyl (C=O) groups is 1. The summed E-state index contributed by atoms with van der Waals surface area (Å²) in [6.45, 7) is 0. The first-order valence-electron chi connectivity index (χ1n) is 7.70. The van der Waals surface area contributed by atoms with Crippen molar-refractivity contribution in [3.05, 3.63) is 64.1 Å². The van der Waals surface area contributed by atoms with Crippen LogP contribution in [0.1, 0.15) is 5.56 Å². The highest BCUT2D eigenvalue weighted by Gasteiger charge is 2.09. The van der Waals surface area contributed by atoms with E-state index < -0.39 is 0 Å². The molecule has 26 heavy (non-hydrogen) atoms. The van der Waals surface area contributed by atoms with Crippen molar-refractivity contribution < 1.29 is 4.79 Å². The lowest BCUT2D eigenvalue weighted by Gasteiger charge is -2.04. The van der Waals surface area contributed by atoms with Crippen LogP contribution < -0.4 is 5.32 Å². The lowest BCUT2D eigenvalue weighted by molar-refractivity contribution is -0.113. The van der Waals surface area contributed by atoms with E-state index in [1.165, 1.54) is 23.1 Å². The number of nitrogens with zero attached hydrogens (tertiary/aromatic N) is 3. The summed E-state index contributed by atoms with van der Waals surface area (Å²) in [5, 5.41) is 16.0. The molecule has 5 nitrogen and oxygen atoms in total. The van der Waals surface area contributed by atoms with E-state index in [0.717, 1.165) is 15.6 Å². The molecule has 0 aliphatic carbocycles. The zero-order chi connectivity index (χ0) is 18.4. The Bertz CT molecular complexity index is 988. The first kappa shape index (κ1) is 18.3. The van der Waals surface area contributed by atoms with E-state index in [9.17, 15) is 4.79 Å². The monoisotopic (exact) mass is 398 g/mol. The molecule has 0 bridgehead atoms. The number of aromatic nitrogens is 2. The second-order valence-corrected chi connectivity index (χ2v) is 8.09. The molecule has 0 unspecified atom stereocenters. The number of hydrogen-bond acceptors (Lipinski definition) is 6. The fourth-order valence-corrected chi connectivity index (χ4v) is 4.33. The van der Waals surface area contributed by atoms with Gasteiger partial charge in [-0.3, -0.25) is 4.79 Å². The number of hydrogen-bond donors (Lipinski definition) is 1. The first-order valence-corrected chi connectivity index (χ1v) is 9.91. The van der Waals surface area contributed by atoms with Crippen molar-refractivity contribution >= 4 is 46.9 Å². The van der Waals surface area contributed by atoms with E-state index in [2.05, 4.69) is 16.5 Å². The van der Waals surface area contributed by atoms with Gasteiger partial charge in [0.2, 0.25) is 5.91 Å². The standard InChI is InChI=1S/C18H14N4OS3/c19-11-10-13-6-8-14(9-7-13)20-16(23)12-25-17-21-22(18(24)26-17)15-4-2-1-3-5-15/h1-9H,10,12H2,(H,20,23). The van der Waals surface area contributed by atoms with E-state index in [1.54, 1.807) is 16.8 Å². The molecular weight excluding hydrogens is 384 g/mol. The van der Waals surface area contributed by atoms with E-state index >= 15 is 0 Å². The van der Waals surface area contributed by atoms with Crippen LogP contribution in [0.4, 0.5) is 5.69 Å². The fraction of sp³-hybridized carbons (Fsp3) is 0.111. The molecule has 0 fully saturated rings. The summed E-state index contributed by atoms with van der Waals surface area (Å²) in [6.07, 6.45) is 0.360. The molecule has 130 valence electrons. The maximum atomic E-state index is 12.1. The second kappa shape index (κ2) is 8.76. The van der Waals surface area contributed by atoms with Gasteiger partial charge < -0.3 is 5.32 Å². The van der Waals surface area contributed by atoms with Crippen LogP contribution in [0.5, 0.6) is 0 Å². The lowest BCUT2D eigenvalue weighted by Crippen LogP contribution is -2.13. The van der Waals surface area contributed by atoms with Gasteiger partial charge in [0.05, 0.1) is 23.9 Å². The summed E-state index contributed by atoms with van der Waals surface area (Å²) in [5.74, 6) is 0.132. The number of nitrogens with one attached hydrogen (secondary N) is 1. The molecule has 0 saturated carbocycles. The van der Waals surface area contributed by atoms with Gasteiger partial charge in [-0.15, -0.1) is 5.10 Å². The van der Waals surface area contributed by atoms with Crippen molar-refractivity contribution in [3.8, 4) is 11.8 Å². The Morgan fingerprint density at radius 1 is 1.23 bits per heavy atom. The van der Waals surface area contributed by atoms with Crippen LogP contribution in [0.25, 0.3) is 5.69 Å². The smallest absolute Gasteiger partial charge is 0.234 e. The van der Waals surface area contributed by atoms with Crippen LogP contribution >= 0.6 is 35.3 Å². The molecule has 1 amide bonds. The van der Waals surface area contributed by atoms with Gasteiger partial charge in [0.15, 0.2) is 8.29 Å². The minimum atomic E-state index is -0.115.